The van der Waals surface area contributed by atoms with Crippen molar-refractivity contribution in [2.75, 3.05) is 11.9 Å². The van der Waals surface area contributed by atoms with Crippen LogP contribution in [-0.4, -0.2) is 12.1 Å². The van der Waals surface area contributed by atoms with E-state index in [1.54, 1.807) is 0 Å². The fourth-order valence-corrected chi connectivity index (χ4v) is 3.68. The van der Waals surface area contributed by atoms with Crippen molar-refractivity contribution in [1.82, 2.24) is 0 Å². The minimum Gasteiger partial charge on any atom is -0.377 e. The normalized spacial score (nSPS) is 27.2. The van der Waals surface area contributed by atoms with E-state index in [9.17, 15) is 0 Å². The third kappa shape index (κ3) is 4.14. The van der Waals surface area contributed by atoms with Crippen LogP contribution in [0.1, 0.15) is 52.9 Å². The maximum absolute atomic E-state index is 6.30. The molecule has 0 spiro atoms. The molecule has 0 saturated heterocycles. The fraction of sp³-hybridized carbons (Fsp3) is 0.667. The smallest absolute Gasteiger partial charge is 0.0637 e. The lowest BCUT2D eigenvalue weighted by Gasteiger charge is -2.35. The molecule has 0 bridgehead atoms. The molecular weight excluding hydrogens is 280 g/mol. The average Bonchev–Trinajstić information content (AvgIpc) is 2.64. The summed E-state index contributed by atoms with van der Waals surface area (Å²) in [6, 6.07) is 7.97. The molecule has 1 aliphatic carbocycles. The maximum Gasteiger partial charge on any atom is 0.0637 e. The van der Waals surface area contributed by atoms with Gasteiger partial charge < -0.3 is 11.1 Å². The van der Waals surface area contributed by atoms with Crippen molar-refractivity contribution < 1.29 is 0 Å². The van der Waals surface area contributed by atoms with Crippen LogP contribution in [0.4, 0.5) is 5.69 Å². The molecule has 3 N–H and O–H groups in total. The summed E-state index contributed by atoms with van der Waals surface area (Å²) < 4.78 is 0. The second kappa shape index (κ2) is 6.58. The predicted molar refractivity (Wildman–Crippen MR) is 92.9 cm³/mol. The third-order valence-corrected chi connectivity index (χ3v) is 5.40. The van der Waals surface area contributed by atoms with Crippen LogP contribution in [0.5, 0.6) is 0 Å². The van der Waals surface area contributed by atoms with E-state index in [0.717, 1.165) is 29.5 Å². The Morgan fingerprint density at radius 2 is 1.95 bits per heavy atom. The Balaban J connectivity index is 2.13. The number of anilines is 1. The molecule has 118 valence electrons. The number of halogens is 1. The Kier molecular flexibility index (Phi) is 5.21. The van der Waals surface area contributed by atoms with Gasteiger partial charge in [0.2, 0.25) is 0 Å². The Labute approximate surface area is 134 Å². The van der Waals surface area contributed by atoms with E-state index in [-0.39, 0.29) is 5.54 Å². The summed E-state index contributed by atoms with van der Waals surface area (Å²) in [5.74, 6) is 0.777. The van der Waals surface area contributed by atoms with Gasteiger partial charge in [0.25, 0.3) is 0 Å². The summed E-state index contributed by atoms with van der Waals surface area (Å²) in [6.07, 6.45) is 6.02. The molecule has 0 amide bonds. The highest BCUT2D eigenvalue weighted by molar-refractivity contribution is 6.33. The van der Waals surface area contributed by atoms with Crippen molar-refractivity contribution in [2.45, 2.75) is 58.4 Å². The van der Waals surface area contributed by atoms with Crippen LogP contribution >= 0.6 is 11.6 Å². The zero-order valence-electron chi connectivity index (χ0n) is 13.6. The second-order valence-electron chi connectivity index (χ2n) is 7.58. The van der Waals surface area contributed by atoms with Crippen LogP contribution in [0.2, 0.25) is 5.02 Å². The van der Waals surface area contributed by atoms with E-state index in [1.165, 1.54) is 19.3 Å². The summed E-state index contributed by atoms with van der Waals surface area (Å²) in [4.78, 5) is 0. The largest absolute Gasteiger partial charge is 0.377 e. The van der Waals surface area contributed by atoms with Gasteiger partial charge in [0.15, 0.2) is 0 Å². The van der Waals surface area contributed by atoms with Crippen molar-refractivity contribution in [2.24, 2.45) is 17.1 Å². The molecule has 0 radical (unpaired) electrons. The maximum atomic E-state index is 6.30. The number of para-hydroxylation sites is 1. The van der Waals surface area contributed by atoms with Gasteiger partial charge in [-0.05, 0) is 49.1 Å². The van der Waals surface area contributed by atoms with Crippen molar-refractivity contribution in [3.63, 3.8) is 0 Å². The number of hydrogen-bond acceptors (Lipinski definition) is 2. The molecule has 1 fully saturated rings. The third-order valence-electron chi connectivity index (χ3n) is 5.07. The minimum absolute atomic E-state index is 0.00894. The molecule has 2 rings (SSSR count). The van der Waals surface area contributed by atoms with E-state index in [1.807, 2.05) is 24.3 Å². The first-order valence-corrected chi connectivity index (χ1v) is 8.47. The van der Waals surface area contributed by atoms with Gasteiger partial charge in [0.05, 0.1) is 10.7 Å². The van der Waals surface area contributed by atoms with Gasteiger partial charge >= 0.3 is 0 Å². The predicted octanol–water partition coefficient (Wildman–Crippen LogP) is 5.08. The number of benzene rings is 1. The quantitative estimate of drug-likeness (QED) is 0.764. The number of rotatable bonds is 3. The van der Waals surface area contributed by atoms with Gasteiger partial charge in [0.1, 0.15) is 0 Å². The summed E-state index contributed by atoms with van der Waals surface area (Å²) in [5, 5.41) is 4.45. The molecule has 1 aliphatic rings. The Morgan fingerprint density at radius 1 is 1.24 bits per heavy atom. The summed E-state index contributed by atoms with van der Waals surface area (Å²) in [7, 11) is 0. The topological polar surface area (TPSA) is 38.0 Å². The molecule has 21 heavy (non-hydrogen) atoms. The van der Waals surface area contributed by atoms with Crippen molar-refractivity contribution >= 4 is 17.3 Å². The fourth-order valence-electron chi connectivity index (χ4n) is 3.50. The van der Waals surface area contributed by atoms with Gasteiger partial charge in [-0.25, -0.2) is 0 Å². The zero-order valence-corrected chi connectivity index (χ0v) is 14.3. The lowest BCUT2D eigenvalue weighted by molar-refractivity contribution is 0.212. The monoisotopic (exact) mass is 308 g/mol. The van der Waals surface area contributed by atoms with Crippen molar-refractivity contribution in [3.05, 3.63) is 29.3 Å². The highest BCUT2D eigenvalue weighted by Gasteiger charge is 2.35. The van der Waals surface area contributed by atoms with E-state index >= 15 is 0 Å². The molecule has 0 aliphatic heterocycles. The molecule has 3 heteroatoms. The van der Waals surface area contributed by atoms with Gasteiger partial charge in [-0.15, -0.1) is 0 Å². The molecule has 2 nitrogen and oxygen atoms in total. The Hall–Kier alpha value is -0.730. The first-order chi connectivity index (χ1) is 9.86. The summed E-state index contributed by atoms with van der Waals surface area (Å²) in [5.41, 5.74) is 7.54. The lowest BCUT2D eigenvalue weighted by Crippen LogP contribution is -2.45. The van der Waals surface area contributed by atoms with E-state index in [0.29, 0.717) is 12.0 Å². The molecule has 2 atom stereocenters. The standard InChI is InChI=1S/C18H29ClN2/c1-17(2,3)14-7-6-11-18(13-20,12-10-14)21-16-9-5-4-8-15(16)19/h4-5,8-9,14,21H,6-7,10-13,20H2,1-3H3. The molecular formula is C18H29ClN2. The molecule has 0 aromatic heterocycles. The number of nitrogens with one attached hydrogen (secondary N) is 1. The summed E-state index contributed by atoms with van der Waals surface area (Å²) >= 11 is 6.30. The van der Waals surface area contributed by atoms with Gasteiger partial charge in [0, 0.05) is 12.1 Å². The van der Waals surface area contributed by atoms with Crippen LogP contribution in [-0.2, 0) is 0 Å². The van der Waals surface area contributed by atoms with E-state index in [2.05, 4.69) is 26.1 Å². The molecule has 1 aromatic carbocycles. The molecule has 2 unspecified atom stereocenters. The molecule has 0 heterocycles. The van der Waals surface area contributed by atoms with Gasteiger partial charge in [-0.2, -0.15) is 0 Å². The molecule has 1 aromatic rings. The van der Waals surface area contributed by atoms with Crippen LogP contribution in [0.3, 0.4) is 0 Å². The van der Waals surface area contributed by atoms with Gasteiger partial charge in [-0.1, -0.05) is 50.9 Å². The lowest BCUT2D eigenvalue weighted by atomic mass is 9.76. The van der Waals surface area contributed by atoms with E-state index < -0.39 is 0 Å². The number of hydrogen-bond donors (Lipinski definition) is 2. The zero-order chi connectivity index (χ0) is 15.5. The van der Waals surface area contributed by atoms with Crippen molar-refractivity contribution in [1.29, 1.82) is 0 Å². The Morgan fingerprint density at radius 3 is 2.57 bits per heavy atom. The minimum atomic E-state index is -0.00894. The van der Waals surface area contributed by atoms with Crippen LogP contribution < -0.4 is 11.1 Å². The van der Waals surface area contributed by atoms with E-state index in [4.69, 9.17) is 17.3 Å². The van der Waals surface area contributed by atoms with Crippen LogP contribution in [0.25, 0.3) is 0 Å². The highest BCUT2D eigenvalue weighted by atomic mass is 35.5. The first-order valence-electron chi connectivity index (χ1n) is 8.09. The Bertz CT molecular complexity index is 467. The summed E-state index contributed by atoms with van der Waals surface area (Å²) in [6.45, 7) is 7.73. The van der Waals surface area contributed by atoms with Crippen LogP contribution in [0.15, 0.2) is 24.3 Å². The average molecular weight is 309 g/mol. The van der Waals surface area contributed by atoms with Gasteiger partial charge in [-0.3, -0.25) is 0 Å². The molecule has 1 saturated carbocycles. The number of nitrogens with two attached hydrogens (primary N) is 1. The van der Waals surface area contributed by atoms with Crippen LogP contribution in [0, 0.1) is 11.3 Å². The highest BCUT2D eigenvalue weighted by Crippen LogP contribution is 2.41. The second-order valence-corrected chi connectivity index (χ2v) is 7.99. The van der Waals surface area contributed by atoms with Crippen molar-refractivity contribution in [3.8, 4) is 0 Å². The first kappa shape index (κ1) is 16.6. The SMILES string of the molecule is CC(C)(C)C1CCCC(CN)(Nc2ccccc2Cl)CC1.